The molecule has 0 fully saturated rings. The fourth-order valence-electron chi connectivity index (χ4n) is 3.53. The molecule has 0 saturated heterocycles. The van der Waals surface area contributed by atoms with E-state index in [1.165, 1.54) is 36.9 Å². The van der Waals surface area contributed by atoms with Crippen molar-refractivity contribution in [3.05, 3.63) is 84.2 Å². The normalized spacial score (nSPS) is 11.4. The smallest absolute Gasteiger partial charge is 0.320 e. The van der Waals surface area contributed by atoms with Crippen molar-refractivity contribution in [3.63, 3.8) is 0 Å². The highest BCUT2D eigenvalue weighted by atomic mass is 19.4. The van der Waals surface area contributed by atoms with E-state index in [2.05, 4.69) is 30.6 Å². The molecule has 5 rings (SSSR count). The minimum absolute atomic E-state index is 0.00833. The zero-order chi connectivity index (χ0) is 24.6. The second-order valence-corrected chi connectivity index (χ2v) is 7.14. The number of rotatable bonds is 4. The van der Waals surface area contributed by atoms with Crippen LogP contribution in [0, 0.1) is 11.3 Å². The maximum atomic E-state index is 14.1. The number of nitrogens with zero attached hydrogens (tertiary/aromatic N) is 8. The van der Waals surface area contributed by atoms with Gasteiger partial charge in [-0.3, -0.25) is 9.78 Å². The predicted molar refractivity (Wildman–Crippen MR) is 116 cm³/mol. The topological polar surface area (TPSA) is 127 Å². The molecule has 0 aliphatic heterocycles. The summed E-state index contributed by atoms with van der Waals surface area (Å²) in [6.07, 6.45) is 1.27. The number of anilines is 1. The molecule has 0 bridgehead atoms. The minimum Gasteiger partial charge on any atom is -0.320 e. The van der Waals surface area contributed by atoms with Crippen LogP contribution in [0.25, 0.3) is 22.4 Å². The van der Waals surface area contributed by atoms with E-state index in [1.54, 1.807) is 24.3 Å². The number of fused-ring (bicyclic) bond motifs is 1. The molecule has 0 aliphatic rings. The largest absolute Gasteiger partial charge is 0.434 e. The standard InChI is InChI=1S/C22H12F3N9O/c23-22(24,25)19-16(12-31-33(19)18-5-6-27-17-4-2-1-3-15(17)18)21(35)32-14-9-13(10-26)20(28-11-14)34-29-7-8-30-34/h1-9,11-12H,(H,32,35). The van der Waals surface area contributed by atoms with Gasteiger partial charge in [-0.1, -0.05) is 18.2 Å². The number of nitriles is 1. The van der Waals surface area contributed by atoms with E-state index in [4.69, 9.17) is 0 Å². The molecule has 4 heterocycles. The second-order valence-electron chi connectivity index (χ2n) is 7.14. The summed E-state index contributed by atoms with van der Waals surface area (Å²) < 4.78 is 43.1. The average molecular weight is 475 g/mol. The number of hydrogen-bond donors (Lipinski definition) is 1. The monoisotopic (exact) mass is 475 g/mol. The molecule has 13 heteroatoms. The first-order valence-electron chi connectivity index (χ1n) is 9.94. The summed E-state index contributed by atoms with van der Waals surface area (Å²) in [5, 5.41) is 23.8. The molecule has 1 aromatic carbocycles. The van der Waals surface area contributed by atoms with E-state index < -0.39 is 23.3 Å². The highest BCUT2D eigenvalue weighted by Crippen LogP contribution is 2.35. The van der Waals surface area contributed by atoms with Gasteiger partial charge in [0.15, 0.2) is 11.5 Å². The summed E-state index contributed by atoms with van der Waals surface area (Å²) in [5.41, 5.74) is -1.34. The summed E-state index contributed by atoms with van der Waals surface area (Å²) in [4.78, 5) is 22.2. The molecule has 0 atom stereocenters. The molecule has 0 aliphatic carbocycles. The maximum Gasteiger partial charge on any atom is 0.434 e. The number of aromatic nitrogens is 7. The Morgan fingerprint density at radius 3 is 2.51 bits per heavy atom. The number of amides is 1. The third-order valence-corrected chi connectivity index (χ3v) is 4.99. The van der Waals surface area contributed by atoms with Crippen molar-refractivity contribution in [1.82, 2.24) is 34.7 Å². The Morgan fingerprint density at radius 1 is 1.00 bits per heavy atom. The van der Waals surface area contributed by atoms with Gasteiger partial charge in [0, 0.05) is 11.6 Å². The van der Waals surface area contributed by atoms with Gasteiger partial charge in [-0.05, 0) is 18.2 Å². The third kappa shape index (κ3) is 3.93. The first-order valence-corrected chi connectivity index (χ1v) is 9.94. The lowest BCUT2D eigenvalue weighted by Gasteiger charge is -2.14. The predicted octanol–water partition coefficient (Wildman–Crippen LogP) is 3.54. The number of para-hydroxylation sites is 1. The van der Waals surface area contributed by atoms with Gasteiger partial charge in [-0.25, -0.2) is 9.67 Å². The Bertz CT molecular complexity index is 1600. The van der Waals surface area contributed by atoms with Crippen molar-refractivity contribution in [3.8, 4) is 17.6 Å². The molecule has 35 heavy (non-hydrogen) atoms. The molecular weight excluding hydrogens is 463 g/mol. The first kappa shape index (κ1) is 21.7. The Labute approximate surface area is 194 Å². The number of hydrogen-bond acceptors (Lipinski definition) is 7. The fourth-order valence-corrected chi connectivity index (χ4v) is 3.53. The van der Waals surface area contributed by atoms with Gasteiger partial charge in [-0.15, -0.1) is 4.80 Å². The molecule has 0 saturated carbocycles. The number of nitrogens with one attached hydrogen (secondary N) is 1. The van der Waals surface area contributed by atoms with Crippen molar-refractivity contribution >= 4 is 22.5 Å². The van der Waals surface area contributed by atoms with Crippen molar-refractivity contribution < 1.29 is 18.0 Å². The SMILES string of the molecule is N#Cc1cc(NC(=O)c2cnn(-c3ccnc4ccccc34)c2C(F)(F)F)cnc1-n1nccn1. The van der Waals surface area contributed by atoms with Crippen molar-refractivity contribution in [2.24, 2.45) is 0 Å². The number of carbonyl (C=O) groups excluding carboxylic acids is 1. The molecule has 10 nitrogen and oxygen atoms in total. The highest BCUT2D eigenvalue weighted by Gasteiger charge is 2.41. The van der Waals surface area contributed by atoms with Crippen molar-refractivity contribution in [2.45, 2.75) is 6.18 Å². The molecule has 1 N–H and O–H groups in total. The summed E-state index contributed by atoms with van der Waals surface area (Å²) >= 11 is 0. The summed E-state index contributed by atoms with van der Waals surface area (Å²) in [6, 6.07) is 11.2. The molecule has 1 amide bonds. The molecule has 0 unspecified atom stereocenters. The lowest BCUT2D eigenvalue weighted by Crippen LogP contribution is -2.21. The van der Waals surface area contributed by atoms with Gasteiger partial charge < -0.3 is 5.32 Å². The number of benzene rings is 1. The van der Waals surface area contributed by atoms with Crippen LogP contribution >= 0.6 is 0 Å². The summed E-state index contributed by atoms with van der Waals surface area (Å²) in [7, 11) is 0. The maximum absolute atomic E-state index is 14.1. The van der Waals surface area contributed by atoms with Gasteiger partial charge in [-0.2, -0.15) is 33.7 Å². The van der Waals surface area contributed by atoms with Gasteiger partial charge in [0.1, 0.15) is 11.6 Å². The van der Waals surface area contributed by atoms with E-state index in [0.29, 0.717) is 15.6 Å². The molecule has 0 spiro atoms. The summed E-state index contributed by atoms with van der Waals surface area (Å²) in [6.45, 7) is 0. The third-order valence-electron chi connectivity index (χ3n) is 4.99. The lowest BCUT2D eigenvalue weighted by molar-refractivity contribution is -0.143. The quantitative estimate of drug-likeness (QED) is 0.421. The van der Waals surface area contributed by atoms with Gasteiger partial charge >= 0.3 is 6.18 Å². The van der Waals surface area contributed by atoms with Crippen LogP contribution < -0.4 is 5.32 Å². The minimum atomic E-state index is -4.90. The second kappa shape index (κ2) is 8.34. The Kier molecular flexibility index (Phi) is 5.17. The molecule has 5 aromatic rings. The Balaban J connectivity index is 1.54. The van der Waals surface area contributed by atoms with Gasteiger partial charge in [0.2, 0.25) is 0 Å². The van der Waals surface area contributed by atoms with E-state index in [1.807, 2.05) is 6.07 Å². The van der Waals surface area contributed by atoms with Crippen LogP contribution in [-0.2, 0) is 6.18 Å². The zero-order valence-electron chi connectivity index (χ0n) is 17.5. The van der Waals surface area contributed by atoms with E-state index in [0.717, 1.165) is 11.0 Å². The van der Waals surface area contributed by atoms with Gasteiger partial charge in [0.05, 0.1) is 47.2 Å². The zero-order valence-corrected chi connectivity index (χ0v) is 17.5. The number of halogens is 3. The van der Waals surface area contributed by atoms with Crippen LogP contribution in [0.1, 0.15) is 21.6 Å². The van der Waals surface area contributed by atoms with Crippen LogP contribution in [0.4, 0.5) is 18.9 Å². The molecule has 4 aromatic heterocycles. The Morgan fingerprint density at radius 2 is 1.77 bits per heavy atom. The van der Waals surface area contributed by atoms with Crippen LogP contribution in [0.15, 0.2) is 67.4 Å². The Hall–Kier alpha value is -5.12. The number of carbonyl (C=O) groups is 1. The van der Waals surface area contributed by atoms with Crippen molar-refractivity contribution in [1.29, 1.82) is 5.26 Å². The van der Waals surface area contributed by atoms with Crippen LogP contribution in [0.2, 0.25) is 0 Å². The number of pyridine rings is 2. The van der Waals surface area contributed by atoms with Crippen LogP contribution in [0.5, 0.6) is 0 Å². The van der Waals surface area contributed by atoms with E-state index in [-0.39, 0.29) is 22.8 Å². The highest BCUT2D eigenvalue weighted by molar-refractivity contribution is 6.05. The van der Waals surface area contributed by atoms with Gasteiger partial charge in [0.25, 0.3) is 5.91 Å². The molecule has 172 valence electrons. The van der Waals surface area contributed by atoms with E-state index >= 15 is 0 Å². The fraction of sp³-hybridized carbons (Fsp3) is 0.0455. The van der Waals surface area contributed by atoms with Crippen molar-refractivity contribution in [2.75, 3.05) is 5.32 Å². The van der Waals surface area contributed by atoms with Crippen LogP contribution in [-0.4, -0.2) is 40.6 Å². The lowest BCUT2D eigenvalue weighted by atomic mass is 10.1. The van der Waals surface area contributed by atoms with E-state index in [9.17, 15) is 23.2 Å². The van der Waals surface area contributed by atoms with Crippen LogP contribution in [0.3, 0.4) is 0 Å². The number of alkyl halides is 3. The molecule has 0 radical (unpaired) electrons. The molecular formula is C22H12F3N9O. The first-order chi connectivity index (χ1) is 16.9. The average Bonchev–Trinajstić information content (AvgIpc) is 3.54. The summed E-state index contributed by atoms with van der Waals surface area (Å²) in [5.74, 6) is -0.971.